The third-order valence-electron chi connectivity index (χ3n) is 3.11. The van der Waals surface area contributed by atoms with Crippen LogP contribution in [0.25, 0.3) is 16.2 Å². The number of hydrogen-bond donors (Lipinski definition) is 0. The highest BCUT2D eigenvalue weighted by molar-refractivity contribution is 7.16. The quantitative estimate of drug-likeness (QED) is 0.664. The van der Waals surface area contributed by atoms with E-state index >= 15 is 0 Å². The SMILES string of the molecule is CC(C)(C)c1nn2c(C=O)c(-c3ccc(Cl)cc3)nc2s1. The summed E-state index contributed by atoms with van der Waals surface area (Å²) in [6.45, 7) is 6.27. The van der Waals surface area contributed by atoms with Crippen LogP contribution in [0, 0.1) is 0 Å². The molecule has 0 N–H and O–H groups in total. The maximum absolute atomic E-state index is 11.5. The Hall–Kier alpha value is -1.72. The largest absolute Gasteiger partial charge is 0.296 e. The minimum atomic E-state index is -0.0635. The Morgan fingerprint density at radius 1 is 1.24 bits per heavy atom. The van der Waals surface area contributed by atoms with Crippen molar-refractivity contribution >= 4 is 34.2 Å². The van der Waals surface area contributed by atoms with Gasteiger partial charge in [-0.25, -0.2) is 4.98 Å². The van der Waals surface area contributed by atoms with Crippen molar-refractivity contribution in [3.63, 3.8) is 0 Å². The Kier molecular flexibility index (Phi) is 3.34. The Balaban J connectivity index is 2.19. The lowest BCUT2D eigenvalue weighted by Crippen LogP contribution is -2.11. The van der Waals surface area contributed by atoms with E-state index < -0.39 is 0 Å². The van der Waals surface area contributed by atoms with Crippen molar-refractivity contribution in [3.8, 4) is 11.3 Å². The molecule has 3 rings (SSSR count). The molecule has 0 fully saturated rings. The van der Waals surface area contributed by atoms with Crippen LogP contribution in [0.15, 0.2) is 24.3 Å². The summed E-state index contributed by atoms with van der Waals surface area (Å²) in [6.07, 6.45) is 0.802. The highest BCUT2D eigenvalue weighted by atomic mass is 35.5. The zero-order valence-electron chi connectivity index (χ0n) is 11.9. The predicted molar refractivity (Wildman–Crippen MR) is 85.4 cm³/mol. The van der Waals surface area contributed by atoms with Gasteiger partial charge < -0.3 is 0 Å². The van der Waals surface area contributed by atoms with Crippen LogP contribution in [-0.2, 0) is 5.41 Å². The molecule has 3 aromatic rings. The molecule has 0 aliphatic rings. The predicted octanol–water partition coefficient (Wildman–Crippen LogP) is 4.22. The topological polar surface area (TPSA) is 47.3 Å². The highest BCUT2D eigenvalue weighted by Gasteiger charge is 2.23. The number of halogens is 1. The van der Waals surface area contributed by atoms with E-state index in [0.717, 1.165) is 21.8 Å². The van der Waals surface area contributed by atoms with Crippen molar-refractivity contribution in [1.82, 2.24) is 14.6 Å². The average molecular weight is 320 g/mol. The molecule has 0 atom stereocenters. The molecule has 1 aromatic carbocycles. The second kappa shape index (κ2) is 4.93. The molecule has 0 aliphatic carbocycles. The highest BCUT2D eigenvalue weighted by Crippen LogP contribution is 2.31. The number of nitrogens with zero attached hydrogens (tertiary/aromatic N) is 3. The molecule has 4 nitrogen and oxygen atoms in total. The molecule has 0 unspecified atom stereocenters. The van der Waals surface area contributed by atoms with E-state index in [1.807, 2.05) is 12.1 Å². The second-order valence-corrected chi connectivity index (χ2v) is 7.21. The van der Waals surface area contributed by atoms with Crippen molar-refractivity contribution in [1.29, 1.82) is 0 Å². The first kappa shape index (κ1) is 14.2. The Morgan fingerprint density at radius 3 is 2.48 bits per heavy atom. The van der Waals surface area contributed by atoms with Gasteiger partial charge in [-0.3, -0.25) is 4.79 Å². The summed E-state index contributed by atoms with van der Waals surface area (Å²) >= 11 is 7.40. The average Bonchev–Trinajstić information content (AvgIpc) is 2.96. The lowest BCUT2D eigenvalue weighted by molar-refractivity contribution is 0.111. The summed E-state index contributed by atoms with van der Waals surface area (Å²) in [5.74, 6) is 0. The van der Waals surface area contributed by atoms with Gasteiger partial charge in [0.1, 0.15) is 16.4 Å². The van der Waals surface area contributed by atoms with E-state index in [2.05, 4.69) is 30.9 Å². The van der Waals surface area contributed by atoms with Crippen molar-refractivity contribution in [2.75, 3.05) is 0 Å². The summed E-state index contributed by atoms with van der Waals surface area (Å²) in [4.78, 5) is 16.8. The number of carbonyl (C=O) groups is 1. The van der Waals surface area contributed by atoms with Gasteiger partial charge in [-0.2, -0.15) is 9.61 Å². The van der Waals surface area contributed by atoms with E-state index in [1.165, 1.54) is 11.3 Å². The Morgan fingerprint density at radius 2 is 1.90 bits per heavy atom. The van der Waals surface area contributed by atoms with Crippen molar-refractivity contribution < 1.29 is 4.79 Å². The van der Waals surface area contributed by atoms with Crippen LogP contribution in [0.1, 0.15) is 36.3 Å². The molecule has 108 valence electrons. The van der Waals surface area contributed by atoms with E-state index in [1.54, 1.807) is 16.6 Å². The lowest BCUT2D eigenvalue weighted by Gasteiger charge is -2.12. The normalized spacial score (nSPS) is 12.0. The minimum absolute atomic E-state index is 0.0635. The van der Waals surface area contributed by atoms with Gasteiger partial charge in [0.05, 0.1) is 0 Å². The first-order valence-electron chi connectivity index (χ1n) is 6.51. The molecule has 0 bridgehead atoms. The van der Waals surface area contributed by atoms with Crippen LogP contribution in [0.2, 0.25) is 5.02 Å². The molecule has 21 heavy (non-hydrogen) atoms. The summed E-state index contributed by atoms with van der Waals surface area (Å²) in [5.41, 5.74) is 1.91. The number of aldehydes is 1. The molecule has 0 saturated carbocycles. The maximum atomic E-state index is 11.5. The smallest absolute Gasteiger partial charge is 0.213 e. The standard InChI is InChI=1S/C15H14ClN3OS/c1-15(2,3)13-18-19-11(8-20)12(17-14(19)21-13)9-4-6-10(16)7-5-9/h4-8H,1-3H3. The number of benzene rings is 1. The fourth-order valence-electron chi connectivity index (χ4n) is 1.99. The number of aromatic nitrogens is 3. The fourth-order valence-corrected chi connectivity index (χ4v) is 3.08. The van der Waals surface area contributed by atoms with Crippen LogP contribution >= 0.6 is 22.9 Å². The van der Waals surface area contributed by atoms with Gasteiger partial charge >= 0.3 is 0 Å². The van der Waals surface area contributed by atoms with Crippen LogP contribution < -0.4 is 0 Å². The van der Waals surface area contributed by atoms with Gasteiger partial charge in [-0.05, 0) is 12.1 Å². The van der Waals surface area contributed by atoms with Crippen LogP contribution in [0.3, 0.4) is 0 Å². The van der Waals surface area contributed by atoms with Gasteiger partial charge in [0.15, 0.2) is 6.29 Å². The second-order valence-electron chi connectivity index (χ2n) is 5.82. The van der Waals surface area contributed by atoms with E-state index in [4.69, 9.17) is 11.6 Å². The molecule has 0 saturated heterocycles. The summed E-state index contributed by atoms with van der Waals surface area (Å²) in [7, 11) is 0. The fraction of sp³-hybridized carbons (Fsp3) is 0.267. The van der Waals surface area contributed by atoms with Crippen molar-refractivity contribution in [2.24, 2.45) is 0 Å². The van der Waals surface area contributed by atoms with E-state index in [-0.39, 0.29) is 5.41 Å². The van der Waals surface area contributed by atoms with E-state index in [0.29, 0.717) is 16.4 Å². The molecule has 0 spiro atoms. The summed E-state index contributed by atoms with van der Waals surface area (Å²) in [5, 5.41) is 6.14. The molecule has 0 aliphatic heterocycles. The lowest BCUT2D eigenvalue weighted by atomic mass is 9.98. The number of imidazole rings is 1. The summed E-state index contributed by atoms with van der Waals surface area (Å²) < 4.78 is 1.63. The third-order valence-corrected chi connectivity index (χ3v) is 4.70. The number of rotatable bonds is 2. The molecule has 0 radical (unpaired) electrons. The maximum Gasteiger partial charge on any atom is 0.213 e. The molecule has 2 aromatic heterocycles. The first-order valence-corrected chi connectivity index (χ1v) is 7.71. The third kappa shape index (κ3) is 2.47. The van der Waals surface area contributed by atoms with Crippen molar-refractivity contribution in [3.05, 3.63) is 40.0 Å². The van der Waals surface area contributed by atoms with E-state index in [9.17, 15) is 4.79 Å². The van der Waals surface area contributed by atoms with Gasteiger partial charge in [0.25, 0.3) is 0 Å². The van der Waals surface area contributed by atoms with Crippen molar-refractivity contribution in [2.45, 2.75) is 26.2 Å². The van der Waals surface area contributed by atoms with Gasteiger partial charge in [-0.1, -0.05) is 55.8 Å². The minimum Gasteiger partial charge on any atom is -0.296 e. The molecule has 2 heterocycles. The van der Waals surface area contributed by atoms with Gasteiger partial charge in [0, 0.05) is 16.0 Å². The van der Waals surface area contributed by atoms with Gasteiger partial charge in [-0.15, -0.1) is 0 Å². The molecule has 6 heteroatoms. The number of hydrogen-bond acceptors (Lipinski definition) is 4. The first-order chi connectivity index (χ1) is 9.90. The Bertz CT molecular complexity index is 812. The number of carbonyl (C=O) groups excluding carboxylic acids is 1. The summed E-state index contributed by atoms with van der Waals surface area (Å²) in [6, 6.07) is 7.28. The van der Waals surface area contributed by atoms with Crippen LogP contribution in [-0.4, -0.2) is 20.9 Å². The Labute approximate surface area is 131 Å². The van der Waals surface area contributed by atoms with Crippen LogP contribution in [0.4, 0.5) is 0 Å². The van der Waals surface area contributed by atoms with Crippen LogP contribution in [0.5, 0.6) is 0 Å². The molecular formula is C15H14ClN3OS. The number of fused-ring (bicyclic) bond motifs is 1. The molecular weight excluding hydrogens is 306 g/mol. The zero-order chi connectivity index (χ0) is 15.2. The molecule has 0 amide bonds. The monoisotopic (exact) mass is 319 g/mol. The van der Waals surface area contributed by atoms with Gasteiger partial charge in [0.2, 0.25) is 4.96 Å². The zero-order valence-corrected chi connectivity index (χ0v) is 13.5.